The number of esters is 1. The predicted molar refractivity (Wildman–Crippen MR) is 70.8 cm³/mol. The number of hydrogen-bond donors (Lipinski definition) is 0. The third-order valence-corrected chi connectivity index (χ3v) is 2.77. The molecule has 16 heavy (non-hydrogen) atoms. The molecule has 0 atom stereocenters. The van der Waals surface area contributed by atoms with Crippen molar-refractivity contribution in [3.05, 3.63) is 39.5 Å². The molecule has 0 saturated carbocycles. The number of allylic oxidation sites excluding steroid dienone is 1. The lowest BCUT2D eigenvalue weighted by Crippen LogP contribution is -2.02. The van der Waals surface area contributed by atoms with Gasteiger partial charge in [0.15, 0.2) is 0 Å². The van der Waals surface area contributed by atoms with Crippen LogP contribution in [0.2, 0.25) is 0 Å². The summed E-state index contributed by atoms with van der Waals surface area (Å²) in [7, 11) is 1.37. The molecule has 0 fully saturated rings. The molecule has 0 unspecified atom stereocenters. The van der Waals surface area contributed by atoms with E-state index >= 15 is 0 Å². The minimum atomic E-state index is -0.335. The van der Waals surface area contributed by atoms with Crippen molar-refractivity contribution in [1.29, 1.82) is 0 Å². The number of halogens is 1. The first-order chi connectivity index (χ1) is 7.69. The summed E-state index contributed by atoms with van der Waals surface area (Å²) >= 11 is 2.13. The van der Waals surface area contributed by atoms with Crippen molar-refractivity contribution in [2.75, 3.05) is 13.7 Å². The van der Waals surface area contributed by atoms with E-state index in [-0.39, 0.29) is 5.97 Å². The quantitative estimate of drug-likeness (QED) is 0.483. The average Bonchev–Trinajstić information content (AvgIpc) is 2.30. The molecule has 0 aromatic heterocycles. The summed E-state index contributed by atoms with van der Waals surface area (Å²) in [6.07, 6.45) is 3.85. The van der Waals surface area contributed by atoms with Crippen LogP contribution in [0.5, 0.6) is 5.75 Å². The highest BCUT2D eigenvalue weighted by Gasteiger charge is 2.08. The predicted octanol–water partition coefficient (Wildman–Crippen LogP) is 3.03. The van der Waals surface area contributed by atoms with Gasteiger partial charge in [-0.2, -0.15) is 0 Å². The van der Waals surface area contributed by atoms with Crippen molar-refractivity contribution < 1.29 is 14.3 Å². The lowest BCUT2D eigenvalue weighted by molar-refractivity contribution is 0.0600. The topological polar surface area (TPSA) is 35.5 Å². The molecule has 0 aliphatic rings. The zero-order valence-corrected chi connectivity index (χ0v) is 11.4. The maximum atomic E-state index is 11.3. The first-order valence-electron chi connectivity index (χ1n) is 4.81. The van der Waals surface area contributed by atoms with Gasteiger partial charge < -0.3 is 9.47 Å². The summed E-state index contributed by atoms with van der Waals surface area (Å²) in [4.78, 5) is 11.3. The van der Waals surface area contributed by atoms with Gasteiger partial charge in [0, 0.05) is 0 Å². The second kappa shape index (κ2) is 6.52. The lowest BCUT2D eigenvalue weighted by atomic mass is 10.2. The van der Waals surface area contributed by atoms with Crippen LogP contribution in [0.3, 0.4) is 0 Å². The molecule has 4 heteroatoms. The van der Waals surface area contributed by atoms with E-state index < -0.39 is 0 Å². The number of benzene rings is 1. The molecule has 1 rings (SSSR count). The van der Waals surface area contributed by atoms with Crippen LogP contribution >= 0.6 is 22.6 Å². The Hall–Kier alpha value is -1.04. The van der Waals surface area contributed by atoms with Gasteiger partial charge in [-0.05, 0) is 47.7 Å². The van der Waals surface area contributed by atoms with Gasteiger partial charge in [-0.3, -0.25) is 0 Å². The molecule has 3 nitrogen and oxygen atoms in total. The fourth-order valence-corrected chi connectivity index (χ4v) is 1.77. The molecule has 86 valence electrons. The molecule has 1 aromatic rings. The Morgan fingerprint density at radius 1 is 1.50 bits per heavy atom. The molecule has 0 saturated heterocycles. The second-order valence-corrected chi connectivity index (χ2v) is 4.18. The highest BCUT2D eigenvalue weighted by atomic mass is 127. The summed E-state index contributed by atoms with van der Waals surface area (Å²) in [5.74, 6) is 0.435. The van der Waals surface area contributed by atoms with Gasteiger partial charge >= 0.3 is 5.97 Å². The fraction of sp³-hybridized carbons (Fsp3) is 0.250. The van der Waals surface area contributed by atoms with Crippen molar-refractivity contribution in [2.24, 2.45) is 0 Å². The van der Waals surface area contributed by atoms with E-state index in [4.69, 9.17) is 4.74 Å². The first kappa shape index (κ1) is 13.0. The van der Waals surface area contributed by atoms with Gasteiger partial charge in [0.25, 0.3) is 0 Å². The van der Waals surface area contributed by atoms with Crippen molar-refractivity contribution in [3.8, 4) is 5.75 Å². The highest BCUT2D eigenvalue weighted by Crippen LogP contribution is 2.22. The fourth-order valence-electron chi connectivity index (χ4n) is 1.10. The van der Waals surface area contributed by atoms with E-state index in [2.05, 4.69) is 27.3 Å². The summed E-state index contributed by atoms with van der Waals surface area (Å²) in [6.45, 7) is 2.47. The third kappa shape index (κ3) is 3.52. The van der Waals surface area contributed by atoms with Gasteiger partial charge in [0.2, 0.25) is 0 Å². The van der Waals surface area contributed by atoms with E-state index in [0.717, 1.165) is 9.32 Å². The molecule has 0 spiro atoms. The van der Waals surface area contributed by atoms with E-state index in [0.29, 0.717) is 12.2 Å². The van der Waals surface area contributed by atoms with Crippen molar-refractivity contribution in [3.63, 3.8) is 0 Å². The Morgan fingerprint density at radius 3 is 2.81 bits per heavy atom. The number of carbonyl (C=O) groups excluding carboxylic acids is 1. The molecule has 0 heterocycles. The Bertz CT molecular complexity index is 399. The summed E-state index contributed by atoms with van der Waals surface area (Å²) < 4.78 is 11.0. The Kier molecular flexibility index (Phi) is 5.31. The standard InChI is InChI=1S/C12H13IO3/c1-3-4-7-16-11-6-5-9(8-10(11)13)12(14)15-2/h3-6,8H,7H2,1-2H3. The van der Waals surface area contributed by atoms with Gasteiger partial charge in [0.1, 0.15) is 12.4 Å². The molecular formula is C12H13IO3. The van der Waals surface area contributed by atoms with Gasteiger partial charge in [0.05, 0.1) is 16.2 Å². The van der Waals surface area contributed by atoms with Gasteiger partial charge in [-0.1, -0.05) is 12.2 Å². The van der Waals surface area contributed by atoms with Crippen LogP contribution < -0.4 is 4.74 Å². The van der Waals surface area contributed by atoms with Crippen LogP contribution in [-0.4, -0.2) is 19.7 Å². The monoisotopic (exact) mass is 332 g/mol. The van der Waals surface area contributed by atoms with E-state index in [9.17, 15) is 4.79 Å². The summed E-state index contributed by atoms with van der Waals surface area (Å²) in [6, 6.07) is 5.22. The molecule has 0 amide bonds. The van der Waals surface area contributed by atoms with Crippen molar-refractivity contribution in [2.45, 2.75) is 6.92 Å². The number of carbonyl (C=O) groups is 1. The van der Waals surface area contributed by atoms with E-state index in [1.165, 1.54) is 7.11 Å². The minimum Gasteiger partial charge on any atom is -0.488 e. The van der Waals surface area contributed by atoms with Crippen molar-refractivity contribution in [1.82, 2.24) is 0 Å². The molecule has 0 N–H and O–H groups in total. The largest absolute Gasteiger partial charge is 0.488 e. The maximum Gasteiger partial charge on any atom is 0.337 e. The van der Waals surface area contributed by atoms with Crippen molar-refractivity contribution >= 4 is 28.6 Å². The van der Waals surface area contributed by atoms with Crippen LogP contribution in [0.15, 0.2) is 30.4 Å². The summed E-state index contributed by atoms with van der Waals surface area (Å²) in [5, 5.41) is 0. The zero-order valence-electron chi connectivity index (χ0n) is 9.20. The molecular weight excluding hydrogens is 319 g/mol. The summed E-state index contributed by atoms with van der Waals surface area (Å²) in [5.41, 5.74) is 0.533. The van der Waals surface area contributed by atoms with E-state index in [1.807, 2.05) is 19.1 Å². The average molecular weight is 332 g/mol. The van der Waals surface area contributed by atoms with Gasteiger partial charge in [-0.25, -0.2) is 4.79 Å². The van der Waals surface area contributed by atoms with Crippen LogP contribution in [-0.2, 0) is 4.74 Å². The van der Waals surface area contributed by atoms with Crippen LogP contribution in [0, 0.1) is 3.57 Å². The number of rotatable bonds is 4. The Balaban J connectivity index is 2.79. The first-order valence-corrected chi connectivity index (χ1v) is 5.88. The number of methoxy groups -OCH3 is 1. The normalized spacial score (nSPS) is 10.4. The van der Waals surface area contributed by atoms with Crippen LogP contribution in [0.4, 0.5) is 0 Å². The molecule has 1 aromatic carbocycles. The van der Waals surface area contributed by atoms with E-state index in [1.54, 1.807) is 18.2 Å². The highest BCUT2D eigenvalue weighted by molar-refractivity contribution is 14.1. The lowest BCUT2D eigenvalue weighted by Gasteiger charge is -2.07. The Morgan fingerprint density at radius 2 is 2.25 bits per heavy atom. The second-order valence-electron chi connectivity index (χ2n) is 3.02. The molecule has 0 bridgehead atoms. The minimum absolute atomic E-state index is 0.335. The van der Waals surface area contributed by atoms with Crippen LogP contribution in [0.25, 0.3) is 0 Å². The Labute approximate surface area is 109 Å². The molecule has 0 aliphatic carbocycles. The number of hydrogen-bond acceptors (Lipinski definition) is 3. The molecule has 0 radical (unpaired) electrons. The smallest absolute Gasteiger partial charge is 0.337 e. The maximum absolute atomic E-state index is 11.3. The SMILES string of the molecule is CC=CCOc1ccc(C(=O)OC)cc1I. The van der Waals surface area contributed by atoms with Crippen LogP contribution in [0.1, 0.15) is 17.3 Å². The number of ether oxygens (including phenoxy) is 2. The molecule has 0 aliphatic heterocycles. The van der Waals surface area contributed by atoms with Gasteiger partial charge in [-0.15, -0.1) is 0 Å². The zero-order chi connectivity index (χ0) is 12.0. The third-order valence-electron chi connectivity index (χ3n) is 1.92.